The highest BCUT2D eigenvalue weighted by molar-refractivity contribution is 9.10. The van der Waals surface area contributed by atoms with Crippen molar-refractivity contribution in [1.82, 2.24) is 9.78 Å². The summed E-state index contributed by atoms with van der Waals surface area (Å²) in [5, 5.41) is 4.23. The molecule has 0 amide bonds. The second-order valence-corrected chi connectivity index (χ2v) is 5.65. The van der Waals surface area contributed by atoms with Gasteiger partial charge in [0.05, 0.1) is 13.3 Å². The minimum atomic E-state index is -0.0000463. The lowest BCUT2D eigenvalue weighted by Gasteiger charge is -2.11. The molecule has 20 heavy (non-hydrogen) atoms. The van der Waals surface area contributed by atoms with Gasteiger partial charge < -0.3 is 4.74 Å². The van der Waals surface area contributed by atoms with Crippen molar-refractivity contribution >= 4 is 21.7 Å². The number of hydrogen-bond donors (Lipinski definition) is 0. The Morgan fingerprint density at radius 1 is 1.40 bits per heavy atom. The van der Waals surface area contributed by atoms with Gasteiger partial charge in [0.1, 0.15) is 5.69 Å². The van der Waals surface area contributed by atoms with Gasteiger partial charge >= 0.3 is 0 Å². The van der Waals surface area contributed by atoms with Gasteiger partial charge in [0.25, 0.3) is 0 Å². The van der Waals surface area contributed by atoms with Gasteiger partial charge in [0, 0.05) is 16.9 Å². The van der Waals surface area contributed by atoms with E-state index in [9.17, 15) is 4.79 Å². The summed E-state index contributed by atoms with van der Waals surface area (Å²) in [5.41, 5.74) is 1.48. The molecule has 0 radical (unpaired) electrons. The van der Waals surface area contributed by atoms with Crippen LogP contribution >= 0.6 is 15.9 Å². The molecule has 0 aliphatic carbocycles. The highest BCUT2D eigenvalue weighted by Gasteiger charge is 2.21. The van der Waals surface area contributed by atoms with Crippen molar-refractivity contribution in [3.63, 3.8) is 0 Å². The van der Waals surface area contributed by atoms with Crippen molar-refractivity contribution in [3.8, 4) is 5.75 Å². The summed E-state index contributed by atoms with van der Waals surface area (Å²) in [4.78, 5) is 12.6. The number of aromatic nitrogens is 2. The average Bonchev–Trinajstić information content (AvgIpc) is 2.85. The minimum Gasteiger partial charge on any atom is -0.493 e. The molecule has 1 aromatic heterocycles. The van der Waals surface area contributed by atoms with Gasteiger partial charge in [0.2, 0.25) is 0 Å². The van der Waals surface area contributed by atoms with Crippen molar-refractivity contribution < 1.29 is 9.53 Å². The molecule has 0 saturated carbocycles. The van der Waals surface area contributed by atoms with Crippen LogP contribution in [0.3, 0.4) is 0 Å². The molecule has 1 aromatic carbocycles. The zero-order valence-electron chi connectivity index (χ0n) is 11.8. The van der Waals surface area contributed by atoms with Crippen LogP contribution in [-0.4, -0.2) is 22.7 Å². The molecule has 0 unspecified atom stereocenters. The Morgan fingerprint density at radius 3 is 2.70 bits per heavy atom. The van der Waals surface area contributed by atoms with Crippen molar-refractivity contribution in [2.24, 2.45) is 0 Å². The fraction of sp³-hybridized carbons (Fsp3) is 0.333. The number of methoxy groups -OCH3 is 1. The molecule has 0 aliphatic heterocycles. The number of hydrogen-bond acceptors (Lipinski definition) is 3. The van der Waals surface area contributed by atoms with Gasteiger partial charge in [-0.25, -0.2) is 0 Å². The lowest BCUT2D eigenvalue weighted by molar-refractivity contribution is 0.0977. The fourth-order valence-corrected chi connectivity index (χ4v) is 2.48. The number of rotatable bonds is 5. The molecule has 0 N–H and O–H groups in total. The van der Waals surface area contributed by atoms with Crippen LogP contribution < -0.4 is 4.74 Å². The first-order valence-electron chi connectivity index (χ1n) is 6.42. The van der Waals surface area contributed by atoms with Crippen LogP contribution in [0, 0.1) is 0 Å². The quantitative estimate of drug-likeness (QED) is 0.782. The van der Waals surface area contributed by atoms with E-state index in [1.165, 1.54) is 0 Å². The SMILES string of the molecule is COc1cnn(C(C)C)c1C(=O)Cc1ccccc1Br. The zero-order chi connectivity index (χ0) is 14.7. The number of ether oxygens (including phenoxy) is 1. The third kappa shape index (κ3) is 2.93. The Kier molecular flexibility index (Phi) is 4.60. The summed E-state index contributed by atoms with van der Waals surface area (Å²) in [7, 11) is 1.55. The highest BCUT2D eigenvalue weighted by Crippen LogP contribution is 2.24. The molecular formula is C15H17BrN2O2. The zero-order valence-corrected chi connectivity index (χ0v) is 13.3. The molecule has 4 nitrogen and oxygen atoms in total. The summed E-state index contributed by atoms with van der Waals surface area (Å²) in [6.45, 7) is 3.98. The van der Waals surface area contributed by atoms with E-state index in [0.29, 0.717) is 17.9 Å². The minimum absolute atomic E-state index is 0.0000463. The molecule has 0 bridgehead atoms. The standard InChI is InChI=1S/C15H17BrN2O2/c1-10(2)18-15(14(20-3)9-17-18)13(19)8-11-6-4-5-7-12(11)16/h4-7,9-10H,8H2,1-3H3. The van der Waals surface area contributed by atoms with E-state index >= 15 is 0 Å². The van der Waals surface area contributed by atoms with Crippen molar-refractivity contribution in [3.05, 3.63) is 46.2 Å². The number of halogens is 1. The van der Waals surface area contributed by atoms with Crippen LogP contribution in [0.2, 0.25) is 0 Å². The Balaban J connectivity index is 2.34. The Hall–Kier alpha value is -1.62. The predicted molar refractivity (Wildman–Crippen MR) is 81.3 cm³/mol. The molecule has 2 rings (SSSR count). The fourth-order valence-electron chi connectivity index (χ4n) is 2.05. The Bertz CT molecular complexity index is 620. The van der Waals surface area contributed by atoms with E-state index in [-0.39, 0.29) is 11.8 Å². The van der Waals surface area contributed by atoms with E-state index in [4.69, 9.17) is 4.74 Å². The number of carbonyl (C=O) groups is 1. The topological polar surface area (TPSA) is 44.1 Å². The van der Waals surface area contributed by atoms with Crippen LogP contribution in [0.15, 0.2) is 34.9 Å². The second-order valence-electron chi connectivity index (χ2n) is 4.79. The summed E-state index contributed by atoms with van der Waals surface area (Å²) in [6, 6.07) is 7.82. The number of carbonyl (C=O) groups excluding carboxylic acids is 1. The predicted octanol–water partition coefficient (Wildman–Crippen LogP) is 3.66. The summed E-state index contributed by atoms with van der Waals surface area (Å²) in [5.74, 6) is 0.524. The third-order valence-electron chi connectivity index (χ3n) is 3.04. The van der Waals surface area contributed by atoms with Crippen LogP contribution in [-0.2, 0) is 6.42 Å². The Labute approximate surface area is 126 Å². The van der Waals surface area contributed by atoms with Gasteiger partial charge in [-0.3, -0.25) is 9.48 Å². The van der Waals surface area contributed by atoms with Crippen molar-refractivity contribution in [1.29, 1.82) is 0 Å². The van der Waals surface area contributed by atoms with E-state index in [1.807, 2.05) is 38.1 Å². The lowest BCUT2D eigenvalue weighted by Crippen LogP contribution is -2.15. The average molecular weight is 337 g/mol. The molecule has 106 valence electrons. The molecule has 2 aromatic rings. The number of ketones is 1. The maximum atomic E-state index is 12.6. The molecule has 1 heterocycles. The van der Waals surface area contributed by atoms with Gasteiger partial charge in [0.15, 0.2) is 11.5 Å². The molecule has 0 aliphatic rings. The van der Waals surface area contributed by atoms with Crippen LogP contribution in [0.4, 0.5) is 0 Å². The molecule has 0 atom stereocenters. The Morgan fingerprint density at radius 2 is 2.10 bits per heavy atom. The molecule has 0 saturated heterocycles. The first-order valence-corrected chi connectivity index (χ1v) is 7.22. The molecule has 0 fully saturated rings. The number of Topliss-reactive ketones (excluding diaryl/α,β-unsaturated/α-hetero) is 1. The summed E-state index contributed by atoms with van der Waals surface area (Å²) >= 11 is 3.47. The molecule has 5 heteroatoms. The molecular weight excluding hydrogens is 320 g/mol. The summed E-state index contributed by atoms with van der Waals surface area (Å²) < 4.78 is 7.89. The van der Waals surface area contributed by atoms with Crippen LogP contribution in [0.1, 0.15) is 35.9 Å². The molecule has 0 spiro atoms. The van der Waals surface area contributed by atoms with Gasteiger partial charge in [-0.2, -0.15) is 5.10 Å². The highest BCUT2D eigenvalue weighted by atomic mass is 79.9. The smallest absolute Gasteiger partial charge is 0.189 e. The largest absolute Gasteiger partial charge is 0.493 e. The number of nitrogens with zero attached hydrogens (tertiary/aromatic N) is 2. The first kappa shape index (κ1) is 14.8. The third-order valence-corrected chi connectivity index (χ3v) is 3.82. The number of benzene rings is 1. The summed E-state index contributed by atoms with van der Waals surface area (Å²) in [6.07, 6.45) is 1.91. The van der Waals surface area contributed by atoms with Gasteiger partial charge in [-0.05, 0) is 25.5 Å². The normalized spacial score (nSPS) is 10.8. The van der Waals surface area contributed by atoms with Crippen LogP contribution in [0.25, 0.3) is 0 Å². The van der Waals surface area contributed by atoms with E-state index < -0.39 is 0 Å². The van der Waals surface area contributed by atoms with E-state index in [0.717, 1.165) is 10.0 Å². The second kappa shape index (κ2) is 6.22. The van der Waals surface area contributed by atoms with Crippen molar-refractivity contribution in [2.75, 3.05) is 7.11 Å². The maximum absolute atomic E-state index is 12.6. The monoisotopic (exact) mass is 336 g/mol. The van der Waals surface area contributed by atoms with Gasteiger partial charge in [-0.15, -0.1) is 0 Å². The van der Waals surface area contributed by atoms with E-state index in [1.54, 1.807) is 18.0 Å². The lowest BCUT2D eigenvalue weighted by atomic mass is 10.1. The maximum Gasteiger partial charge on any atom is 0.189 e. The van der Waals surface area contributed by atoms with E-state index in [2.05, 4.69) is 21.0 Å². The first-order chi connectivity index (χ1) is 9.54. The van der Waals surface area contributed by atoms with Gasteiger partial charge in [-0.1, -0.05) is 34.1 Å². The van der Waals surface area contributed by atoms with Crippen LogP contribution in [0.5, 0.6) is 5.75 Å². The van der Waals surface area contributed by atoms with Crippen molar-refractivity contribution in [2.45, 2.75) is 26.3 Å².